The second-order valence-corrected chi connectivity index (χ2v) is 11.9. The summed E-state index contributed by atoms with van der Waals surface area (Å²) in [6.45, 7) is 5.04. The third-order valence-corrected chi connectivity index (χ3v) is 9.06. The zero-order valence-corrected chi connectivity index (χ0v) is 23.8. The monoisotopic (exact) mass is 590 g/mol. The molecule has 2 fully saturated rings. The highest BCUT2D eigenvalue weighted by Gasteiger charge is 2.68. The highest BCUT2D eigenvalue weighted by molar-refractivity contribution is 5.78. The van der Waals surface area contributed by atoms with Gasteiger partial charge < -0.3 is 9.84 Å². The van der Waals surface area contributed by atoms with Crippen molar-refractivity contribution in [2.45, 2.75) is 115 Å². The van der Waals surface area contributed by atoms with Crippen molar-refractivity contribution in [1.29, 1.82) is 0 Å². The average Bonchev–Trinajstić information content (AvgIpc) is 2.97. The summed E-state index contributed by atoms with van der Waals surface area (Å²) >= 11 is 0. The van der Waals surface area contributed by atoms with Crippen LogP contribution in [0.3, 0.4) is 0 Å². The summed E-state index contributed by atoms with van der Waals surface area (Å²) in [7, 11) is 0. The van der Waals surface area contributed by atoms with Crippen LogP contribution in [-0.4, -0.2) is 40.9 Å². The van der Waals surface area contributed by atoms with Gasteiger partial charge in [-0.15, -0.1) is 0 Å². The van der Waals surface area contributed by atoms with Crippen LogP contribution in [0.25, 0.3) is 0 Å². The molecule has 230 valence electrons. The number of ketones is 1. The molecule has 3 aliphatic carbocycles. The Morgan fingerprint density at radius 2 is 1.76 bits per heavy atom. The maximum absolute atomic E-state index is 13.0. The van der Waals surface area contributed by atoms with Crippen molar-refractivity contribution in [3.05, 3.63) is 47.1 Å². The van der Waals surface area contributed by atoms with E-state index in [-0.39, 0.29) is 47.6 Å². The van der Waals surface area contributed by atoms with Gasteiger partial charge in [0.1, 0.15) is 11.9 Å². The van der Waals surface area contributed by atoms with Gasteiger partial charge >= 0.3 is 18.3 Å². The standard InChI is InChI=1S/C31H40F6O4/c1-20(38)24-13-11-22(18-26(19-24)41-21(2)39)10-12-23-8-4-6-16-28(3)25(14-15-27(23)28)9-5-7-17-29(40,30(32,33)34)31(35,36)37/h7,10,12,14,17,24,26-27,40H,4-6,8-9,11,13,15-16,18-19H2,1-3H3/b17-7-,22-10-,23-12+/t24?,26-,27?,28-/m1/s1. The molecular formula is C31H40F6O4. The number of carbonyl (C=O) groups excluding carboxylic acids is 2. The average molecular weight is 591 g/mol. The number of halogens is 6. The van der Waals surface area contributed by atoms with Gasteiger partial charge in [0.2, 0.25) is 0 Å². The number of carbonyl (C=O) groups is 2. The van der Waals surface area contributed by atoms with Crippen LogP contribution in [0, 0.1) is 17.3 Å². The van der Waals surface area contributed by atoms with E-state index in [9.17, 15) is 41.0 Å². The molecule has 0 saturated heterocycles. The van der Waals surface area contributed by atoms with E-state index in [1.54, 1.807) is 6.92 Å². The Morgan fingerprint density at radius 3 is 2.37 bits per heavy atom. The molecule has 4 nitrogen and oxygen atoms in total. The number of esters is 1. The highest BCUT2D eigenvalue weighted by atomic mass is 19.4. The summed E-state index contributed by atoms with van der Waals surface area (Å²) in [5.41, 5.74) is -1.76. The fraction of sp³-hybridized carbons (Fsp3) is 0.677. The number of hydrogen-bond donors (Lipinski definition) is 1. The molecule has 3 rings (SSSR count). The molecule has 0 heterocycles. The van der Waals surface area contributed by atoms with Crippen molar-refractivity contribution < 1.29 is 45.8 Å². The first-order valence-corrected chi connectivity index (χ1v) is 14.3. The summed E-state index contributed by atoms with van der Waals surface area (Å²) in [5, 5.41) is 9.37. The van der Waals surface area contributed by atoms with E-state index in [4.69, 9.17) is 4.74 Å². The minimum Gasteiger partial charge on any atom is -0.462 e. The molecule has 2 saturated carbocycles. The van der Waals surface area contributed by atoms with Gasteiger partial charge in [-0.3, -0.25) is 9.59 Å². The van der Waals surface area contributed by atoms with Gasteiger partial charge in [-0.05, 0) is 82.1 Å². The van der Waals surface area contributed by atoms with Gasteiger partial charge in [-0.25, -0.2) is 0 Å². The van der Waals surface area contributed by atoms with Gasteiger partial charge in [0.25, 0.3) is 5.60 Å². The van der Waals surface area contributed by atoms with Gasteiger partial charge in [0, 0.05) is 19.3 Å². The first-order chi connectivity index (χ1) is 19.0. The zero-order chi connectivity index (χ0) is 30.6. The molecule has 0 spiro atoms. The molecule has 0 radical (unpaired) electrons. The number of ether oxygens (including phenoxy) is 1. The van der Waals surface area contributed by atoms with Crippen molar-refractivity contribution in [2.24, 2.45) is 17.3 Å². The summed E-state index contributed by atoms with van der Waals surface area (Å²) in [5.74, 6) is -0.277. The van der Waals surface area contributed by atoms with E-state index in [1.807, 2.05) is 0 Å². The number of fused-ring (bicyclic) bond motifs is 1. The normalized spacial score (nSPS) is 30.2. The third-order valence-electron chi connectivity index (χ3n) is 9.06. The molecule has 1 N–H and O–H groups in total. The van der Waals surface area contributed by atoms with E-state index in [2.05, 4.69) is 25.2 Å². The Hall–Kier alpha value is -2.36. The smallest absolute Gasteiger partial charge is 0.429 e. The maximum Gasteiger partial charge on any atom is 0.429 e. The molecule has 3 aliphatic rings. The zero-order valence-electron chi connectivity index (χ0n) is 23.8. The molecule has 0 aromatic rings. The molecule has 4 atom stereocenters. The van der Waals surface area contributed by atoms with Crippen molar-refractivity contribution in [2.75, 3.05) is 0 Å². The molecule has 0 amide bonds. The summed E-state index contributed by atoms with van der Waals surface area (Å²) < 4.78 is 83.4. The number of Topliss-reactive ketones (excluding diaryl/α,β-unsaturated/α-hetero) is 1. The molecule has 0 aromatic heterocycles. The number of alkyl halides is 6. The van der Waals surface area contributed by atoms with Crippen LogP contribution in [0.5, 0.6) is 0 Å². The lowest BCUT2D eigenvalue weighted by Gasteiger charge is -2.35. The van der Waals surface area contributed by atoms with Crippen LogP contribution in [0.2, 0.25) is 0 Å². The minimum absolute atomic E-state index is 0.0550. The van der Waals surface area contributed by atoms with Crippen molar-refractivity contribution >= 4 is 11.8 Å². The van der Waals surface area contributed by atoms with Gasteiger partial charge in [-0.1, -0.05) is 54.4 Å². The topological polar surface area (TPSA) is 63.6 Å². The first-order valence-electron chi connectivity index (χ1n) is 14.3. The van der Waals surface area contributed by atoms with Crippen molar-refractivity contribution in [1.82, 2.24) is 0 Å². The Kier molecular flexibility index (Phi) is 10.4. The van der Waals surface area contributed by atoms with Crippen molar-refractivity contribution in [3.63, 3.8) is 0 Å². The Labute approximate surface area is 237 Å². The summed E-state index contributed by atoms with van der Waals surface area (Å²) in [6.07, 6.45) is 1.93. The highest BCUT2D eigenvalue weighted by Crippen LogP contribution is 2.54. The van der Waals surface area contributed by atoms with E-state index in [1.165, 1.54) is 12.5 Å². The lowest BCUT2D eigenvalue weighted by molar-refractivity contribution is -0.347. The summed E-state index contributed by atoms with van der Waals surface area (Å²) in [4.78, 5) is 23.7. The second-order valence-electron chi connectivity index (χ2n) is 11.9. The van der Waals surface area contributed by atoms with Gasteiger partial charge in [-0.2, -0.15) is 26.3 Å². The third kappa shape index (κ3) is 7.73. The number of rotatable bonds is 7. The predicted molar refractivity (Wildman–Crippen MR) is 143 cm³/mol. The second kappa shape index (κ2) is 12.9. The van der Waals surface area contributed by atoms with Gasteiger partial charge in [0.15, 0.2) is 0 Å². The largest absolute Gasteiger partial charge is 0.462 e. The number of aliphatic hydroxyl groups is 1. The van der Waals surface area contributed by atoms with Crippen molar-refractivity contribution in [3.8, 4) is 0 Å². The first kappa shape index (κ1) is 33.1. The van der Waals surface area contributed by atoms with Crippen LogP contribution in [0.1, 0.15) is 91.4 Å². The molecule has 41 heavy (non-hydrogen) atoms. The Bertz CT molecular complexity index is 1080. The van der Waals surface area contributed by atoms with Crippen LogP contribution in [0.15, 0.2) is 47.1 Å². The Balaban J connectivity index is 1.75. The number of allylic oxidation sites excluding steroid dienone is 6. The fourth-order valence-corrected chi connectivity index (χ4v) is 6.64. The molecule has 0 bridgehead atoms. The lowest BCUT2D eigenvalue weighted by atomic mass is 9.69. The van der Waals surface area contributed by atoms with Gasteiger partial charge in [0.05, 0.1) is 0 Å². The fourth-order valence-electron chi connectivity index (χ4n) is 6.64. The van der Waals surface area contributed by atoms with Crippen LogP contribution >= 0.6 is 0 Å². The molecule has 0 aliphatic heterocycles. The summed E-state index contributed by atoms with van der Waals surface area (Å²) in [6, 6.07) is 0. The molecule has 0 aromatic carbocycles. The molecular weight excluding hydrogens is 550 g/mol. The van der Waals surface area contributed by atoms with E-state index in [0.29, 0.717) is 25.7 Å². The van der Waals surface area contributed by atoms with Crippen LogP contribution in [0.4, 0.5) is 26.3 Å². The van der Waals surface area contributed by atoms with Crippen LogP contribution < -0.4 is 0 Å². The van der Waals surface area contributed by atoms with E-state index < -0.39 is 18.0 Å². The van der Waals surface area contributed by atoms with Crippen LogP contribution in [-0.2, 0) is 14.3 Å². The molecule has 2 unspecified atom stereocenters. The molecule has 10 heteroatoms. The van der Waals surface area contributed by atoms with E-state index >= 15 is 0 Å². The minimum atomic E-state index is -5.87. The maximum atomic E-state index is 13.0. The Morgan fingerprint density at radius 1 is 1.07 bits per heavy atom. The quantitative estimate of drug-likeness (QED) is 0.140. The predicted octanol–water partition coefficient (Wildman–Crippen LogP) is 8.27. The lowest BCUT2D eigenvalue weighted by Crippen LogP contribution is -2.55. The van der Waals surface area contributed by atoms with E-state index in [0.717, 1.165) is 55.7 Å². The number of hydrogen-bond acceptors (Lipinski definition) is 4. The SMILES string of the molecule is CC(=O)O[C@@H]1C/C(=C\C=C2/CCCC[C@]3(C)C(CC/C=C\C(O)(C(F)(F)F)C(F)(F)F)=CCC23)CCC(C(C)=O)C1.